The normalized spacial score (nSPS) is 9.75. The van der Waals surface area contributed by atoms with E-state index in [0.717, 1.165) is 6.08 Å². The van der Waals surface area contributed by atoms with E-state index in [4.69, 9.17) is 0 Å². The smallest absolute Gasteiger partial charge is 1.00 e. The maximum Gasteiger partial charge on any atom is 1.00 e. The molecule has 0 saturated carbocycles. The van der Waals surface area contributed by atoms with E-state index >= 15 is 0 Å². The Hall–Kier alpha value is -0.820. The molecular weight excluding hydrogens is 241 g/mol. The van der Waals surface area contributed by atoms with Gasteiger partial charge in [0.25, 0.3) is 5.91 Å². The molecule has 1 aromatic carbocycles. The van der Waals surface area contributed by atoms with Crippen LogP contribution in [0.5, 0.6) is 5.75 Å². The fraction of sp³-hybridized carbons (Fsp3) is 0. The number of benzene rings is 1. The average Bonchev–Trinajstić information content (AvgIpc) is 2.17. The molecule has 0 bridgehead atoms. The molecule has 0 aromatic heterocycles. The van der Waals surface area contributed by atoms with Crippen LogP contribution in [0.15, 0.2) is 43.0 Å². The SMILES string of the molecule is C=CC(=O)NS(=O)(=O)Oc1ccccc1.[H-].[Na+]. The van der Waals surface area contributed by atoms with Gasteiger partial charge < -0.3 is 5.61 Å². The molecule has 1 amide bonds. The second-order valence-corrected chi connectivity index (χ2v) is 3.80. The van der Waals surface area contributed by atoms with Crippen molar-refractivity contribution in [3.8, 4) is 5.75 Å². The van der Waals surface area contributed by atoms with E-state index < -0.39 is 16.2 Å². The molecule has 0 atom stereocenters. The maximum atomic E-state index is 11.2. The van der Waals surface area contributed by atoms with Crippen LogP contribution in [0.25, 0.3) is 0 Å². The third kappa shape index (κ3) is 5.32. The van der Waals surface area contributed by atoms with Gasteiger partial charge in [-0.3, -0.25) is 4.79 Å². The first-order chi connectivity index (χ1) is 7.03. The minimum absolute atomic E-state index is 0. The number of hydrogen-bond donors (Lipinski definition) is 1. The third-order valence-electron chi connectivity index (χ3n) is 1.36. The van der Waals surface area contributed by atoms with Gasteiger partial charge in [0.15, 0.2) is 0 Å². The molecule has 0 aliphatic heterocycles. The summed E-state index contributed by atoms with van der Waals surface area (Å²) in [5.74, 6) is -0.715. The largest absolute Gasteiger partial charge is 1.00 e. The monoisotopic (exact) mass is 251 g/mol. The van der Waals surface area contributed by atoms with Gasteiger partial charge >= 0.3 is 39.9 Å². The zero-order valence-electron chi connectivity index (χ0n) is 9.71. The fourth-order valence-electron chi connectivity index (χ4n) is 0.788. The topological polar surface area (TPSA) is 72.5 Å². The molecule has 0 aliphatic carbocycles. The van der Waals surface area contributed by atoms with E-state index in [1.807, 2.05) is 0 Å². The van der Waals surface area contributed by atoms with Gasteiger partial charge in [-0.2, -0.15) is 8.42 Å². The Bertz CT molecular complexity index is 463. The maximum absolute atomic E-state index is 11.2. The van der Waals surface area contributed by atoms with E-state index in [-0.39, 0.29) is 36.7 Å². The molecular formula is C9H10NNaO4S. The minimum atomic E-state index is -4.12. The summed E-state index contributed by atoms with van der Waals surface area (Å²) in [7, 11) is -4.12. The molecule has 0 fully saturated rings. The molecule has 0 saturated heterocycles. The van der Waals surface area contributed by atoms with Crippen LogP contribution in [-0.4, -0.2) is 14.3 Å². The number of rotatable bonds is 4. The molecule has 16 heavy (non-hydrogen) atoms. The van der Waals surface area contributed by atoms with Crippen molar-refractivity contribution in [2.24, 2.45) is 0 Å². The van der Waals surface area contributed by atoms with Gasteiger partial charge in [-0.25, -0.2) is 4.72 Å². The zero-order chi connectivity index (χ0) is 11.3. The van der Waals surface area contributed by atoms with Crippen LogP contribution < -0.4 is 38.5 Å². The number of carbonyl (C=O) groups excluding carboxylic acids is 1. The van der Waals surface area contributed by atoms with Gasteiger partial charge in [0.05, 0.1) is 0 Å². The van der Waals surface area contributed by atoms with Gasteiger partial charge in [-0.1, -0.05) is 24.8 Å². The molecule has 1 rings (SSSR count). The van der Waals surface area contributed by atoms with Gasteiger partial charge in [0, 0.05) is 0 Å². The Balaban J connectivity index is 0. The predicted molar refractivity (Wildman–Crippen MR) is 55.4 cm³/mol. The molecule has 0 heterocycles. The number of carbonyl (C=O) groups is 1. The predicted octanol–water partition coefficient (Wildman–Crippen LogP) is -2.27. The van der Waals surface area contributed by atoms with Crippen LogP contribution in [-0.2, 0) is 15.1 Å². The average molecular weight is 251 g/mol. The third-order valence-corrected chi connectivity index (χ3v) is 2.22. The fourth-order valence-corrected chi connectivity index (χ4v) is 1.52. The molecule has 7 heteroatoms. The van der Waals surface area contributed by atoms with Crippen molar-refractivity contribution in [1.29, 1.82) is 0 Å². The van der Waals surface area contributed by atoms with Crippen LogP contribution >= 0.6 is 0 Å². The second-order valence-electron chi connectivity index (χ2n) is 2.52. The minimum Gasteiger partial charge on any atom is -1.00 e. The van der Waals surface area contributed by atoms with Crippen molar-refractivity contribution in [2.45, 2.75) is 0 Å². The summed E-state index contributed by atoms with van der Waals surface area (Å²) in [6.07, 6.45) is 0.839. The van der Waals surface area contributed by atoms with Gasteiger partial charge in [-0.15, -0.1) is 0 Å². The van der Waals surface area contributed by atoms with Gasteiger partial charge in [-0.05, 0) is 18.2 Å². The number of nitrogens with one attached hydrogen (secondary N) is 1. The van der Waals surface area contributed by atoms with Crippen LogP contribution in [0, 0.1) is 0 Å². The van der Waals surface area contributed by atoms with E-state index in [9.17, 15) is 13.2 Å². The summed E-state index contributed by atoms with van der Waals surface area (Å²) in [6.45, 7) is 3.12. The standard InChI is InChI=1S/C9H9NO4S.Na.H/c1-2-9(11)10-15(12,13)14-8-6-4-3-5-7-8;;/h2-7H,1H2,(H,10,11);;/q;+1;-1. The Morgan fingerprint density at radius 3 is 2.44 bits per heavy atom. The summed E-state index contributed by atoms with van der Waals surface area (Å²) in [5.41, 5.74) is 0. The van der Waals surface area contributed by atoms with Crippen LogP contribution in [0.2, 0.25) is 0 Å². The molecule has 0 spiro atoms. The molecule has 82 valence electrons. The summed E-state index contributed by atoms with van der Waals surface area (Å²) in [4.78, 5) is 10.7. The van der Waals surface area contributed by atoms with E-state index in [1.165, 1.54) is 12.1 Å². The van der Waals surface area contributed by atoms with E-state index in [0.29, 0.717) is 0 Å². The Kier molecular flexibility index (Phi) is 6.35. The molecule has 0 radical (unpaired) electrons. The van der Waals surface area contributed by atoms with Gasteiger partial charge in [0.1, 0.15) is 5.75 Å². The molecule has 0 aliphatic rings. The van der Waals surface area contributed by atoms with Crippen LogP contribution in [0.1, 0.15) is 1.43 Å². The van der Waals surface area contributed by atoms with Crippen molar-refractivity contribution in [3.63, 3.8) is 0 Å². The van der Waals surface area contributed by atoms with E-state index in [1.54, 1.807) is 22.9 Å². The first-order valence-electron chi connectivity index (χ1n) is 3.97. The van der Waals surface area contributed by atoms with Gasteiger partial charge in [0.2, 0.25) is 0 Å². The quantitative estimate of drug-likeness (QED) is 0.484. The van der Waals surface area contributed by atoms with E-state index in [2.05, 4.69) is 10.8 Å². The Labute approximate surface area is 118 Å². The summed E-state index contributed by atoms with van der Waals surface area (Å²) >= 11 is 0. The Morgan fingerprint density at radius 1 is 1.38 bits per heavy atom. The van der Waals surface area contributed by atoms with Crippen LogP contribution in [0.4, 0.5) is 0 Å². The molecule has 1 N–H and O–H groups in total. The van der Waals surface area contributed by atoms with Crippen molar-refractivity contribution in [1.82, 2.24) is 4.72 Å². The summed E-state index contributed by atoms with van der Waals surface area (Å²) < 4.78 is 28.5. The number of hydrogen-bond acceptors (Lipinski definition) is 4. The number of amides is 1. The van der Waals surface area contributed by atoms with Crippen molar-refractivity contribution >= 4 is 16.2 Å². The molecule has 0 unspecified atom stereocenters. The number of para-hydroxylation sites is 1. The second kappa shape index (κ2) is 6.70. The van der Waals surface area contributed by atoms with Crippen molar-refractivity contribution in [2.75, 3.05) is 0 Å². The first-order valence-corrected chi connectivity index (χ1v) is 5.38. The Morgan fingerprint density at radius 2 is 1.94 bits per heavy atom. The molecule has 1 aromatic rings. The first kappa shape index (κ1) is 15.2. The van der Waals surface area contributed by atoms with Crippen molar-refractivity contribution in [3.05, 3.63) is 43.0 Å². The molecule has 5 nitrogen and oxygen atoms in total. The van der Waals surface area contributed by atoms with Crippen LogP contribution in [0.3, 0.4) is 0 Å². The van der Waals surface area contributed by atoms with Crippen molar-refractivity contribution < 1.29 is 48.4 Å². The zero-order valence-corrected chi connectivity index (χ0v) is 11.5. The summed E-state index contributed by atoms with van der Waals surface area (Å²) in [5, 5.41) is 0. The summed E-state index contributed by atoms with van der Waals surface area (Å²) in [6, 6.07) is 7.84.